The molecule has 3 aromatic rings. The molecule has 0 fully saturated rings. The molecule has 2 aromatic heterocycles. The Bertz CT molecular complexity index is 859. The van der Waals surface area contributed by atoms with Crippen molar-refractivity contribution in [2.45, 2.75) is 0 Å². The summed E-state index contributed by atoms with van der Waals surface area (Å²) in [7, 11) is 0. The van der Waals surface area contributed by atoms with Gasteiger partial charge < -0.3 is 5.11 Å². The third-order valence-electron chi connectivity index (χ3n) is 2.91. The van der Waals surface area contributed by atoms with Gasteiger partial charge >= 0.3 is 5.97 Å². The molecule has 0 spiro atoms. The van der Waals surface area contributed by atoms with Crippen molar-refractivity contribution in [2.75, 3.05) is 0 Å². The first-order chi connectivity index (χ1) is 9.99. The summed E-state index contributed by atoms with van der Waals surface area (Å²) in [4.78, 5) is 14.9. The zero-order chi connectivity index (χ0) is 15.1. The molecular weight excluding hydrogens is 304 g/mol. The molecule has 0 saturated heterocycles. The second-order valence-corrected chi connectivity index (χ2v) is 4.53. The number of benzene rings is 1. The highest BCUT2D eigenvalue weighted by atomic mass is 35.5. The number of carbonyl (C=O) groups is 1. The maximum atomic E-state index is 13.8. The van der Waals surface area contributed by atoms with E-state index < -0.39 is 17.6 Å². The van der Waals surface area contributed by atoms with Crippen LogP contribution in [0, 0.1) is 11.6 Å². The lowest BCUT2D eigenvalue weighted by atomic mass is 10.1. The molecule has 0 aliphatic rings. The number of carboxylic acid groups (broad SMARTS) is 1. The summed E-state index contributed by atoms with van der Waals surface area (Å²) in [6.07, 6.45) is 2.32. The lowest BCUT2D eigenvalue weighted by Gasteiger charge is -2.07. The third-order valence-corrected chi connectivity index (χ3v) is 3.20. The van der Waals surface area contributed by atoms with E-state index in [1.165, 1.54) is 12.3 Å². The molecule has 0 unspecified atom stereocenters. The molecule has 8 heteroatoms. The van der Waals surface area contributed by atoms with Crippen LogP contribution in [0.1, 0.15) is 10.4 Å². The van der Waals surface area contributed by atoms with Gasteiger partial charge in [0.15, 0.2) is 5.65 Å². The van der Waals surface area contributed by atoms with E-state index in [4.69, 9.17) is 16.7 Å². The smallest absolute Gasteiger partial charge is 0.341 e. The Hall–Kier alpha value is -2.54. The molecule has 0 aliphatic carbocycles. The average Bonchev–Trinajstić information content (AvgIpc) is 2.81. The Morgan fingerprint density at radius 1 is 1.29 bits per heavy atom. The number of aromatic carboxylic acids is 1. The van der Waals surface area contributed by atoms with Gasteiger partial charge in [-0.15, -0.1) is 0 Å². The van der Waals surface area contributed by atoms with E-state index in [0.29, 0.717) is 0 Å². The molecule has 0 atom stereocenters. The number of hydrogen-bond donors (Lipinski definition) is 1. The summed E-state index contributed by atoms with van der Waals surface area (Å²) in [5.74, 6) is -2.83. The fraction of sp³-hybridized carbons (Fsp3) is 0. The normalized spacial score (nSPS) is 11.0. The Morgan fingerprint density at radius 2 is 1.95 bits per heavy atom. The zero-order valence-electron chi connectivity index (χ0n) is 10.2. The number of carboxylic acids is 1. The van der Waals surface area contributed by atoms with Crippen molar-refractivity contribution in [3.8, 4) is 11.1 Å². The number of fused-ring (bicyclic) bond motifs is 1. The number of halogens is 3. The average molecular weight is 310 g/mol. The van der Waals surface area contributed by atoms with Crippen molar-refractivity contribution >= 4 is 23.2 Å². The fourth-order valence-electron chi connectivity index (χ4n) is 1.96. The van der Waals surface area contributed by atoms with Crippen LogP contribution >= 0.6 is 11.6 Å². The Labute approximate surface area is 121 Å². The minimum absolute atomic E-state index is 0.00648. The lowest BCUT2D eigenvalue weighted by Crippen LogP contribution is -2.00. The van der Waals surface area contributed by atoms with Crippen molar-refractivity contribution in [1.29, 1.82) is 0 Å². The van der Waals surface area contributed by atoms with Crippen LogP contribution < -0.4 is 0 Å². The van der Waals surface area contributed by atoms with Crippen LogP contribution in [0.25, 0.3) is 16.8 Å². The van der Waals surface area contributed by atoms with Crippen LogP contribution in [0.4, 0.5) is 8.78 Å². The topological polar surface area (TPSA) is 67.5 Å². The minimum atomic E-state index is -1.22. The van der Waals surface area contributed by atoms with E-state index >= 15 is 0 Å². The van der Waals surface area contributed by atoms with Crippen molar-refractivity contribution in [3.63, 3.8) is 0 Å². The molecule has 106 valence electrons. The van der Waals surface area contributed by atoms with Crippen molar-refractivity contribution < 1.29 is 18.7 Å². The van der Waals surface area contributed by atoms with E-state index in [-0.39, 0.29) is 27.5 Å². The van der Waals surface area contributed by atoms with E-state index in [1.54, 1.807) is 0 Å². The molecule has 1 aromatic carbocycles. The van der Waals surface area contributed by atoms with Crippen molar-refractivity contribution in [3.05, 3.63) is 52.9 Å². The standard InChI is InChI=1S/C13H6ClF2N3O2/c14-11-7(10-8(15)2-1-3-9(10)16)5-19-12(18-11)6(4-17-19)13(20)21/h1-5H,(H,20,21). The van der Waals surface area contributed by atoms with E-state index in [9.17, 15) is 13.6 Å². The largest absolute Gasteiger partial charge is 0.477 e. The summed E-state index contributed by atoms with van der Waals surface area (Å²) < 4.78 is 28.7. The van der Waals surface area contributed by atoms with Gasteiger partial charge in [0.25, 0.3) is 0 Å². The van der Waals surface area contributed by atoms with Crippen LogP contribution in [0.15, 0.2) is 30.6 Å². The lowest BCUT2D eigenvalue weighted by molar-refractivity contribution is 0.0698. The monoisotopic (exact) mass is 309 g/mol. The molecule has 3 rings (SSSR count). The van der Waals surface area contributed by atoms with Gasteiger partial charge in [-0.3, -0.25) is 0 Å². The fourth-order valence-corrected chi connectivity index (χ4v) is 2.19. The third kappa shape index (κ3) is 2.11. The highest BCUT2D eigenvalue weighted by molar-refractivity contribution is 6.32. The van der Waals surface area contributed by atoms with Gasteiger partial charge in [-0.1, -0.05) is 17.7 Å². The molecule has 0 radical (unpaired) electrons. The number of nitrogens with zero attached hydrogens (tertiary/aromatic N) is 3. The van der Waals surface area contributed by atoms with Crippen LogP contribution in [0.3, 0.4) is 0 Å². The summed E-state index contributed by atoms with van der Waals surface area (Å²) in [5.41, 5.74) is -0.519. The molecule has 0 amide bonds. The highest BCUT2D eigenvalue weighted by Crippen LogP contribution is 2.31. The maximum Gasteiger partial charge on any atom is 0.341 e. The molecule has 0 saturated carbocycles. The Kier molecular flexibility index (Phi) is 3.06. The van der Waals surface area contributed by atoms with Gasteiger partial charge in [0.05, 0.1) is 11.8 Å². The first-order valence-electron chi connectivity index (χ1n) is 5.70. The van der Waals surface area contributed by atoms with Crippen LogP contribution in [-0.2, 0) is 0 Å². The zero-order valence-corrected chi connectivity index (χ0v) is 11.0. The quantitative estimate of drug-likeness (QED) is 0.739. The number of hydrogen-bond acceptors (Lipinski definition) is 3. The second kappa shape index (κ2) is 4.78. The van der Waals surface area contributed by atoms with Gasteiger partial charge in [0.1, 0.15) is 22.4 Å². The molecular formula is C13H6ClF2N3O2. The van der Waals surface area contributed by atoms with Gasteiger partial charge in [-0.2, -0.15) is 5.10 Å². The van der Waals surface area contributed by atoms with Crippen molar-refractivity contribution in [1.82, 2.24) is 14.6 Å². The summed E-state index contributed by atoms with van der Waals surface area (Å²) in [6, 6.07) is 3.40. The molecule has 0 aliphatic heterocycles. The van der Waals surface area contributed by atoms with Gasteiger partial charge in [0.2, 0.25) is 0 Å². The van der Waals surface area contributed by atoms with Crippen LogP contribution in [0.5, 0.6) is 0 Å². The number of rotatable bonds is 2. The summed E-state index contributed by atoms with van der Waals surface area (Å²) in [5, 5.41) is 12.6. The van der Waals surface area contributed by atoms with Crippen LogP contribution in [-0.4, -0.2) is 25.7 Å². The minimum Gasteiger partial charge on any atom is -0.477 e. The maximum absolute atomic E-state index is 13.8. The number of aromatic nitrogens is 3. The summed E-state index contributed by atoms with van der Waals surface area (Å²) >= 11 is 5.94. The molecule has 21 heavy (non-hydrogen) atoms. The first-order valence-corrected chi connectivity index (χ1v) is 6.08. The second-order valence-electron chi connectivity index (χ2n) is 4.17. The predicted octanol–water partition coefficient (Wildman–Crippen LogP) is 3.03. The molecule has 0 bridgehead atoms. The highest BCUT2D eigenvalue weighted by Gasteiger charge is 2.19. The van der Waals surface area contributed by atoms with E-state index in [2.05, 4.69) is 10.1 Å². The van der Waals surface area contributed by atoms with Gasteiger partial charge in [-0.25, -0.2) is 23.1 Å². The molecule has 1 N–H and O–H groups in total. The van der Waals surface area contributed by atoms with E-state index in [1.807, 2.05) is 0 Å². The summed E-state index contributed by atoms with van der Waals surface area (Å²) in [6.45, 7) is 0. The van der Waals surface area contributed by atoms with Gasteiger partial charge in [0, 0.05) is 11.8 Å². The van der Waals surface area contributed by atoms with Gasteiger partial charge in [-0.05, 0) is 12.1 Å². The van der Waals surface area contributed by atoms with Crippen molar-refractivity contribution in [2.24, 2.45) is 0 Å². The SMILES string of the molecule is O=C(O)c1cnn2cc(-c3c(F)cccc3F)c(Cl)nc12. The van der Waals surface area contributed by atoms with E-state index in [0.717, 1.165) is 22.8 Å². The predicted molar refractivity (Wildman–Crippen MR) is 70.3 cm³/mol. The molecule has 5 nitrogen and oxygen atoms in total. The first kappa shape index (κ1) is 13.4. The molecule has 2 heterocycles. The Morgan fingerprint density at radius 3 is 2.57 bits per heavy atom. The van der Waals surface area contributed by atoms with Crippen LogP contribution in [0.2, 0.25) is 5.15 Å². The Balaban J connectivity index is 2.30.